The summed E-state index contributed by atoms with van der Waals surface area (Å²) in [6, 6.07) is 4.57. The van der Waals surface area contributed by atoms with Gasteiger partial charge in [0.1, 0.15) is 0 Å². The lowest BCUT2D eigenvalue weighted by molar-refractivity contribution is 0.385. The lowest BCUT2D eigenvalue weighted by atomic mass is 9.96. The van der Waals surface area contributed by atoms with Crippen LogP contribution in [-0.2, 0) is 6.42 Å². The second kappa shape index (κ2) is 6.70. The van der Waals surface area contributed by atoms with E-state index in [1.807, 2.05) is 0 Å². The zero-order valence-corrected chi connectivity index (χ0v) is 10.8. The van der Waals surface area contributed by atoms with Crippen LogP contribution in [0, 0.1) is 17.6 Å². The lowest BCUT2D eigenvalue weighted by Crippen LogP contribution is -2.34. The van der Waals surface area contributed by atoms with Crippen LogP contribution < -0.4 is 5.32 Å². The molecule has 0 radical (unpaired) electrons. The molecule has 1 aromatic rings. The number of nitrogens with one attached hydrogen (secondary N) is 1. The Kier molecular flexibility index (Phi) is 5.56. The average molecular weight is 241 g/mol. The van der Waals surface area contributed by atoms with Crippen LogP contribution in [0.1, 0.15) is 32.8 Å². The maximum atomic E-state index is 13.0. The molecular weight excluding hydrogens is 220 g/mol. The highest BCUT2D eigenvalue weighted by Crippen LogP contribution is 2.14. The summed E-state index contributed by atoms with van der Waals surface area (Å²) in [7, 11) is 0. The molecule has 0 aliphatic heterocycles. The molecule has 0 aromatic heterocycles. The number of benzene rings is 1. The predicted molar refractivity (Wildman–Crippen MR) is 67.0 cm³/mol. The third-order valence-corrected chi connectivity index (χ3v) is 3.00. The molecule has 0 bridgehead atoms. The molecular formula is C14H21F2N. The molecule has 0 aliphatic carbocycles. The smallest absolute Gasteiger partial charge is 0.159 e. The second-order valence-electron chi connectivity index (χ2n) is 4.70. The van der Waals surface area contributed by atoms with Gasteiger partial charge in [0.25, 0.3) is 0 Å². The van der Waals surface area contributed by atoms with Crippen molar-refractivity contribution in [1.82, 2.24) is 5.32 Å². The van der Waals surface area contributed by atoms with Gasteiger partial charge in [-0.2, -0.15) is 0 Å². The predicted octanol–water partition coefficient (Wildman–Crippen LogP) is 3.53. The Labute approximate surface area is 102 Å². The van der Waals surface area contributed by atoms with Gasteiger partial charge in [0.2, 0.25) is 0 Å². The van der Waals surface area contributed by atoms with Crippen LogP contribution in [0.4, 0.5) is 8.78 Å². The van der Waals surface area contributed by atoms with E-state index in [2.05, 4.69) is 26.1 Å². The topological polar surface area (TPSA) is 12.0 Å². The van der Waals surface area contributed by atoms with Crippen molar-refractivity contribution in [3.8, 4) is 0 Å². The van der Waals surface area contributed by atoms with Gasteiger partial charge < -0.3 is 5.32 Å². The van der Waals surface area contributed by atoms with Crippen molar-refractivity contribution < 1.29 is 8.78 Å². The van der Waals surface area contributed by atoms with Crippen molar-refractivity contribution in [2.24, 2.45) is 5.92 Å². The summed E-state index contributed by atoms with van der Waals surface area (Å²) < 4.78 is 25.8. The highest BCUT2D eigenvalue weighted by atomic mass is 19.2. The molecule has 3 heteroatoms. The Balaban J connectivity index is 2.56. The zero-order valence-electron chi connectivity index (χ0n) is 10.8. The van der Waals surface area contributed by atoms with Gasteiger partial charge in [0, 0.05) is 6.04 Å². The van der Waals surface area contributed by atoms with E-state index in [1.54, 1.807) is 6.07 Å². The third-order valence-electron chi connectivity index (χ3n) is 3.00. The number of halogens is 2. The number of hydrogen-bond acceptors (Lipinski definition) is 1. The first-order valence-electron chi connectivity index (χ1n) is 6.22. The van der Waals surface area contributed by atoms with E-state index in [0.717, 1.165) is 24.9 Å². The van der Waals surface area contributed by atoms with Crippen LogP contribution in [-0.4, -0.2) is 12.6 Å². The summed E-state index contributed by atoms with van der Waals surface area (Å²) in [5.41, 5.74) is 0.854. The van der Waals surface area contributed by atoms with Gasteiger partial charge in [0.15, 0.2) is 11.6 Å². The van der Waals surface area contributed by atoms with E-state index in [0.29, 0.717) is 12.0 Å². The van der Waals surface area contributed by atoms with Crippen molar-refractivity contribution >= 4 is 0 Å². The Morgan fingerprint density at radius 1 is 1.18 bits per heavy atom. The van der Waals surface area contributed by atoms with Crippen molar-refractivity contribution in [2.45, 2.75) is 39.7 Å². The quantitative estimate of drug-likeness (QED) is 0.803. The lowest BCUT2D eigenvalue weighted by Gasteiger charge is -2.21. The highest BCUT2D eigenvalue weighted by molar-refractivity contribution is 5.18. The number of hydrogen-bond donors (Lipinski definition) is 1. The molecule has 1 N–H and O–H groups in total. The van der Waals surface area contributed by atoms with Crippen molar-refractivity contribution in [3.63, 3.8) is 0 Å². The van der Waals surface area contributed by atoms with Crippen LogP contribution in [0.25, 0.3) is 0 Å². The van der Waals surface area contributed by atoms with Gasteiger partial charge in [-0.15, -0.1) is 0 Å². The van der Waals surface area contributed by atoms with Gasteiger partial charge in [0.05, 0.1) is 0 Å². The Bertz CT molecular complexity index is 350. The first-order chi connectivity index (χ1) is 8.04. The monoisotopic (exact) mass is 241 g/mol. The van der Waals surface area contributed by atoms with Crippen LogP contribution in [0.2, 0.25) is 0 Å². The summed E-state index contributed by atoms with van der Waals surface area (Å²) in [5.74, 6) is -0.992. The maximum absolute atomic E-state index is 13.0. The van der Waals surface area contributed by atoms with Gasteiger partial charge in [-0.3, -0.25) is 0 Å². The second-order valence-corrected chi connectivity index (χ2v) is 4.70. The number of aryl methyl sites for hydroxylation is 1. The van der Waals surface area contributed by atoms with E-state index in [1.165, 1.54) is 12.1 Å². The van der Waals surface area contributed by atoms with Gasteiger partial charge in [-0.05, 0) is 43.0 Å². The molecule has 0 saturated heterocycles. The fourth-order valence-electron chi connectivity index (χ4n) is 1.95. The molecule has 1 aromatic carbocycles. The van der Waals surface area contributed by atoms with Crippen LogP contribution in [0.15, 0.2) is 18.2 Å². The molecule has 1 unspecified atom stereocenters. The fraction of sp³-hybridized carbons (Fsp3) is 0.571. The molecule has 0 saturated carbocycles. The van der Waals surface area contributed by atoms with Crippen LogP contribution >= 0.6 is 0 Å². The highest BCUT2D eigenvalue weighted by Gasteiger charge is 2.12. The molecule has 0 heterocycles. The van der Waals surface area contributed by atoms with Gasteiger partial charge >= 0.3 is 0 Å². The Hall–Kier alpha value is -0.960. The molecule has 0 amide bonds. The first kappa shape index (κ1) is 14.1. The average Bonchev–Trinajstić information content (AvgIpc) is 2.28. The van der Waals surface area contributed by atoms with Crippen molar-refractivity contribution in [3.05, 3.63) is 35.4 Å². The summed E-state index contributed by atoms with van der Waals surface area (Å²) in [6.45, 7) is 7.34. The molecule has 0 aliphatic rings. The zero-order chi connectivity index (χ0) is 12.8. The van der Waals surface area contributed by atoms with Crippen molar-refractivity contribution in [1.29, 1.82) is 0 Å². The minimum atomic E-state index is -0.777. The first-order valence-corrected chi connectivity index (χ1v) is 6.22. The molecule has 1 nitrogen and oxygen atoms in total. The standard InChI is InChI=1S/C14H21F2N/c1-4-17-14(10(2)3)8-6-11-5-7-12(15)13(16)9-11/h5,7,9-10,14,17H,4,6,8H2,1-3H3. The Morgan fingerprint density at radius 2 is 1.88 bits per heavy atom. The SMILES string of the molecule is CCNC(CCc1ccc(F)c(F)c1)C(C)C. The summed E-state index contributed by atoms with van der Waals surface area (Å²) in [6.07, 6.45) is 1.71. The maximum Gasteiger partial charge on any atom is 0.159 e. The molecule has 0 spiro atoms. The van der Waals surface area contributed by atoms with Crippen LogP contribution in [0.3, 0.4) is 0 Å². The third kappa shape index (κ3) is 4.43. The minimum Gasteiger partial charge on any atom is -0.314 e. The number of rotatable bonds is 6. The van der Waals surface area contributed by atoms with E-state index >= 15 is 0 Å². The summed E-state index contributed by atoms with van der Waals surface area (Å²) in [5, 5.41) is 3.41. The fourth-order valence-corrected chi connectivity index (χ4v) is 1.95. The van der Waals surface area contributed by atoms with Gasteiger partial charge in [-0.25, -0.2) is 8.78 Å². The van der Waals surface area contributed by atoms with Crippen LogP contribution in [0.5, 0.6) is 0 Å². The van der Waals surface area contributed by atoms with E-state index in [-0.39, 0.29) is 0 Å². The molecule has 0 fully saturated rings. The van der Waals surface area contributed by atoms with Crippen molar-refractivity contribution in [2.75, 3.05) is 6.54 Å². The summed E-state index contributed by atoms with van der Waals surface area (Å²) in [4.78, 5) is 0. The van der Waals surface area contributed by atoms with E-state index < -0.39 is 11.6 Å². The molecule has 96 valence electrons. The van der Waals surface area contributed by atoms with Gasteiger partial charge in [-0.1, -0.05) is 26.8 Å². The normalized spacial score (nSPS) is 13.1. The minimum absolute atomic E-state index is 0.424. The Morgan fingerprint density at radius 3 is 2.41 bits per heavy atom. The van der Waals surface area contributed by atoms with E-state index in [9.17, 15) is 8.78 Å². The van der Waals surface area contributed by atoms with E-state index in [4.69, 9.17) is 0 Å². The molecule has 1 atom stereocenters. The molecule has 17 heavy (non-hydrogen) atoms. The molecule has 1 rings (SSSR count). The summed E-state index contributed by atoms with van der Waals surface area (Å²) >= 11 is 0. The largest absolute Gasteiger partial charge is 0.314 e.